The molecule has 0 aliphatic carbocycles. The van der Waals surface area contributed by atoms with Gasteiger partial charge in [-0.05, 0) is 24.6 Å². The van der Waals surface area contributed by atoms with E-state index in [2.05, 4.69) is 15.5 Å². The van der Waals surface area contributed by atoms with Crippen molar-refractivity contribution >= 4 is 45.6 Å². The van der Waals surface area contributed by atoms with E-state index in [-0.39, 0.29) is 17.7 Å². The van der Waals surface area contributed by atoms with Gasteiger partial charge in [0.15, 0.2) is 0 Å². The zero-order chi connectivity index (χ0) is 16.6. The zero-order valence-electron chi connectivity index (χ0n) is 12.7. The molecule has 0 unspecified atom stereocenters. The molecule has 0 bridgehead atoms. The van der Waals surface area contributed by atoms with Crippen LogP contribution < -0.4 is 10.2 Å². The Morgan fingerprint density at radius 1 is 1.43 bits per heavy atom. The van der Waals surface area contributed by atoms with E-state index in [1.54, 1.807) is 11.0 Å². The zero-order valence-corrected chi connectivity index (χ0v) is 14.2. The Kier molecular flexibility index (Phi) is 4.32. The number of hydrogen-bond donors (Lipinski definition) is 1. The maximum absolute atomic E-state index is 12.3. The summed E-state index contributed by atoms with van der Waals surface area (Å²) >= 11 is 7.45. The molecule has 1 aliphatic heterocycles. The summed E-state index contributed by atoms with van der Waals surface area (Å²) in [5.74, 6) is -0.181. The number of halogens is 1. The van der Waals surface area contributed by atoms with E-state index in [1.807, 2.05) is 19.1 Å². The van der Waals surface area contributed by atoms with Crippen LogP contribution in [0, 0.1) is 6.92 Å². The Balaban J connectivity index is 1.78. The molecule has 0 spiro atoms. The van der Waals surface area contributed by atoms with Gasteiger partial charge in [-0.3, -0.25) is 9.59 Å². The number of anilines is 2. The molecule has 1 fully saturated rings. The minimum atomic E-state index is -0.189. The maximum atomic E-state index is 12.3. The van der Waals surface area contributed by atoms with Gasteiger partial charge in [-0.15, -0.1) is 10.2 Å². The molecule has 1 aromatic heterocycles. The van der Waals surface area contributed by atoms with Crippen molar-refractivity contribution < 1.29 is 9.59 Å². The number of benzene rings is 1. The molecule has 8 heteroatoms. The van der Waals surface area contributed by atoms with Crippen LogP contribution in [0.15, 0.2) is 18.2 Å². The number of nitrogens with zero attached hydrogens (tertiary/aromatic N) is 3. The first-order valence-corrected chi connectivity index (χ1v) is 8.31. The lowest BCUT2D eigenvalue weighted by Crippen LogP contribution is -2.24. The second kappa shape index (κ2) is 6.25. The molecule has 2 amide bonds. The number of rotatable bonds is 3. The van der Waals surface area contributed by atoms with Gasteiger partial charge >= 0.3 is 0 Å². The van der Waals surface area contributed by atoms with Crippen LogP contribution in [0.2, 0.25) is 5.02 Å². The van der Waals surface area contributed by atoms with Crippen LogP contribution in [0.4, 0.5) is 10.8 Å². The lowest BCUT2D eigenvalue weighted by molar-refractivity contribution is -0.117. The van der Waals surface area contributed by atoms with E-state index < -0.39 is 0 Å². The van der Waals surface area contributed by atoms with Gasteiger partial charge in [0.1, 0.15) is 5.01 Å². The monoisotopic (exact) mass is 350 g/mol. The Hall–Kier alpha value is -1.99. The highest BCUT2D eigenvalue weighted by atomic mass is 35.5. The Morgan fingerprint density at radius 2 is 2.22 bits per heavy atom. The quantitative estimate of drug-likeness (QED) is 0.923. The minimum Gasteiger partial charge on any atom is -0.312 e. The van der Waals surface area contributed by atoms with Gasteiger partial charge in [-0.1, -0.05) is 29.0 Å². The molecular formula is C15H15ClN4O2S. The van der Waals surface area contributed by atoms with Crippen molar-refractivity contribution in [1.29, 1.82) is 0 Å². The standard InChI is InChI=1S/C15H15ClN4O2S/c1-8-3-4-11(6-12(8)16)20-7-10(5-13(20)22)14-18-19-15(23-14)17-9(2)21/h3-4,6,10H,5,7H2,1-2H3,(H,17,19,21)/t10-/m0/s1. The van der Waals surface area contributed by atoms with Crippen molar-refractivity contribution in [2.75, 3.05) is 16.8 Å². The number of hydrogen-bond acceptors (Lipinski definition) is 5. The molecule has 1 aromatic carbocycles. The SMILES string of the molecule is CC(=O)Nc1nnc([C@H]2CC(=O)N(c3ccc(C)c(Cl)c3)C2)s1. The van der Waals surface area contributed by atoms with E-state index in [0.717, 1.165) is 16.3 Å². The fourth-order valence-corrected chi connectivity index (χ4v) is 3.53. The predicted molar refractivity (Wildman–Crippen MR) is 90.1 cm³/mol. The summed E-state index contributed by atoms with van der Waals surface area (Å²) in [6, 6.07) is 5.60. The fourth-order valence-electron chi connectivity index (χ4n) is 2.47. The molecule has 1 aliphatic rings. The van der Waals surface area contributed by atoms with Crippen LogP contribution in [0.3, 0.4) is 0 Å². The number of aromatic nitrogens is 2. The molecule has 2 heterocycles. The summed E-state index contributed by atoms with van der Waals surface area (Å²) in [4.78, 5) is 25.1. The molecule has 1 N–H and O–H groups in total. The fraction of sp³-hybridized carbons (Fsp3) is 0.333. The van der Waals surface area contributed by atoms with Crippen molar-refractivity contribution in [2.45, 2.75) is 26.2 Å². The largest absolute Gasteiger partial charge is 0.312 e. The van der Waals surface area contributed by atoms with E-state index in [0.29, 0.717) is 23.1 Å². The summed E-state index contributed by atoms with van der Waals surface area (Å²) in [6.07, 6.45) is 0.375. The maximum Gasteiger partial charge on any atom is 0.227 e. The smallest absolute Gasteiger partial charge is 0.227 e. The number of aryl methyl sites for hydroxylation is 1. The van der Waals surface area contributed by atoms with Crippen LogP contribution in [0.5, 0.6) is 0 Å². The van der Waals surface area contributed by atoms with Crippen molar-refractivity contribution in [3.05, 3.63) is 33.8 Å². The lowest BCUT2D eigenvalue weighted by atomic mass is 10.1. The molecule has 3 rings (SSSR count). The normalized spacial score (nSPS) is 17.6. The van der Waals surface area contributed by atoms with Crippen LogP contribution in [-0.2, 0) is 9.59 Å². The third-order valence-corrected chi connectivity index (χ3v) is 5.07. The van der Waals surface area contributed by atoms with Crippen LogP contribution in [-0.4, -0.2) is 28.6 Å². The van der Waals surface area contributed by atoms with Crippen molar-refractivity contribution in [1.82, 2.24) is 10.2 Å². The summed E-state index contributed by atoms with van der Waals surface area (Å²) in [5.41, 5.74) is 1.77. The highest BCUT2D eigenvalue weighted by molar-refractivity contribution is 7.15. The van der Waals surface area contributed by atoms with Gasteiger partial charge in [-0.25, -0.2) is 0 Å². The third kappa shape index (κ3) is 3.35. The average Bonchev–Trinajstić information content (AvgIpc) is 3.08. The average molecular weight is 351 g/mol. The minimum absolute atomic E-state index is 0.0254. The van der Waals surface area contributed by atoms with E-state index >= 15 is 0 Å². The molecule has 6 nitrogen and oxygen atoms in total. The number of nitrogens with one attached hydrogen (secondary N) is 1. The van der Waals surface area contributed by atoms with E-state index in [1.165, 1.54) is 18.3 Å². The van der Waals surface area contributed by atoms with Crippen LogP contribution in [0.1, 0.15) is 29.8 Å². The first-order chi connectivity index (χ1) is 10.9. The number of amides is 2. The molecule has 2 aromatic rings. The molecule has 1 saturated heterocycles. The summed E-state index contributed by atoms with van der Waals surface area (Å²) < 4.78 is 0. The molecule has 120 valence electrons. The van der Waals surface area contributed by atoms with Gasteiger partial charge in [0.05, 0.1) is 0 Å². The molecule has 1 atom stereocenters. The lowest BCUT2D eigenvalue weighted by Gasteiger charge is -2.17. The van der Waals surface area contributed by atoms with Crippen molar-refractivity contribution in [3.8, 4) is 0 Å². The van der Waals surface area contributed by atoms with Gasteiger partial charge < -0.3 is 10.2 Å². The van der Waals surface area contributed by atoms with Gasteiger partial charge in [0.2, 0.25) is 16.9 Å². The Labute approximate surface area is 142 Å². The molecule has 0 saturated carbocycles. The topological polar surface area (TPSA) is 75.2 Å². The van der Waals surface area contributed by atoms with Gasteiger partial charge in [-0.2, -0.15) is 0 Å². The molecule has 23 heavy (non-hydrogen) atoms. The van der Waals surface area contributed by atoms with Crippen LogP contribution >= 0.6 is 22.9 Å². The first kappa shape index (κ1) is 15.9. The van der Waals surface area contributed by atoms with E-state index in [4.69, 9.17) is 11.6 Å². The first-order valence-electron chi connectivity index (χ1n) is 7.11. The highest BCUT2D eigenvalue weighted by Crippen LogP contribution is 2.35. The Morgan fingerprint density at radius 3 is 2.91 bits per heavy atom. The summed E-state index contributed by atoms with van der Waals surface area (Å²) in [6.45, 7) is 3.88. The predicted octanol–water partition coefficient (Wildman–Crippen LogP) is 2.98. The highest BCUT2D eigenvalue weighted by Gasteiger charge is 2.34. The number of carbonyl (C=O) groups is 2. The van der Waals surface area contributed by atoms with Crippen molar-refractivity contribution in [3.63, 3.8) is 0 Å². The second-order valence-corrected chi connectivity index (χ2v) is 6.88. The van der Waals surface area contributed by atoms with Crippen LogP contribution in [0.25, 0.3) is 0 Å². The molecule has 0 radical (unpaired) electrons. The second-order valence-electron chi connectivity index (χ2n) is 5.47. The Bertz CT molecular complexity index is 777. The molecular weight excluding hydrogens is 336 g/mol. The van der Waals surface area contributed by atoms with E-state index in [9.17, 15) is 9.59 Å². The van der Waals surface area contributed by atoms with Crippen molar-refractivity contribution in [2.24, 2.45) is 0 Å². The summed E-state index contributed by atoms with van der Waals surface area (Å²) in [5, 5.41) is 12.5. The number of carbonyl (C=O) groups excluding carboxylic acids is 2. The summed E-state index contributed by atoms with van der Waals surface area (Å²) in [7, 11) is 0. The third-order valence-electron chi connectivity index (χ3n) is 3.66. The van der Waals surface area contributed by atoms with Gasteiger partial charge in [0, 0.05) is 36.5 Å². The van der Waals surface area contributed by atoms with Gasteiger partial charge in [0.25, 0.3) is 0 Å².